The van der Waals surface area contributed by atoms with Gasteiger partial charge in [-0.15, -0.1) is 0 Å². The van der Waals surface area contributed by atoms with Crippen LogP contribution in [0.5, 0.6) is 5.75 Å². The van der Waals surface area contributed by atoms with Crippen LogP contribution in [0.3, 0.4) is 0 Å². The van der Waals surface area contributed by atoms with Crippen LogP contribution in [-0.2, 0) is 17.8 Å². The first-order valence-corrected chi connectivity index (χ1v) is 11.8. The zero-order valence-corrected chi connectivity index (χ0v) is 19.4. The van der Waals surface area contributed by atoms with Gasteiger partial charge in [-0.25, -0.2) is 4.79 Å². The Kier molecular flexibility index (Phi) is 7.65. The van der Waals surface area contributed by atoms with Gasteiger partial charge in [0.2, 0.25) is 0 Å². The maximum atomic E-state index is 13.8. The Bertz CT molecular complexity index is 1110. The monoisotopic (exact) mass is 461 g/mol. The van der Waals surface area contributed by atoms with Crippen LogP contribution in [-0.4, -0.2) is 52.2 Å². The zero-order chi connectivity index (χ0) is 23.9. The van der Waals surface area contributed by atoms with Crippen molar-refractivity contribution in [1.29, 1.82) is 0 Å². The highest BCUT2D eigenvalue weighted by Crippen LogP contribution is 2.30. The summed E-state index contributed by atoms with van der Waals surface area (Å²) in [5, 5.41) is 14.4. The summed E-state index contributed by atoms with van der Waals surface area (Å²) in [7, 11) is 0. The molecule has 0 atom stereocenters. The minimum atomic E-state index is -0.647. The van der Waals surface area contributed by atoms with E-state index < -0.39 is 5.97 Å². The number of aromatic hydroxyl groups is 1. The second-order valence-corrected chi connectivity index (χ2v) is 8.47. The molecule has 1 saturated heterocycles. The fourth-order valence-electron chi connectivity index (χ4n) is 4.44. The van der Waals surface area contributed by atoms with Crippen molar-refractivity contribution in [3.05, 3.63) is 89.2 Å². The molecule has 178 valence electrons. The fraction of sp³-hybridized carbons (Fsp3) is 0.333. The Morgan fingerprint density at radius 3 is 2.26 bits per heavy atom. The number of carbonyl (C=O) groups is 2. The number of carbonyl (C=O) groups excluding carboxylic acids is 2. The quantitative estimate of drug-likeness (QED) is 0.499. The minimum Gasteiger partial charge on any atom is -0.505 e. The number of rotatable bonds is 8. The molecule has 7 heteroatoms. The Hall–Kier alpha value is -3.58. The first-order valence-electron chi connectivity index (χ1n) is 11.8. The molecule has 2 heterocycles. The molecule has 0 radical (unpaired) electrons. The summed E-state index contributed by atoms with van der Waals surface area (Å²) in [6.07, 6.45) is 3.24. The molecule has 0 spiro atoms. The number of aromatic nitrogens is 1. The van der Waals surface area contributed by atoms with Gasteiger partial charge in [-0.3, -0.25) is 4.79 Å². The van der Waals surface area contributed by atoms with E-state index in [9.17, 15) is 14.7 Å². The lowest BCUT2D eigenvalue weighted by atomic mass is 10.0. The minimum absolute atomic E-state index is 0.000903. The molecule has 1 aliphatic rings. The van der Waals surface area contributed by atoms with Crippen molar-refractivity contribution >= 4 is 11.9 Å². The number of hydrogen-bond acceptors (Lipinski definition) is 5. The number of piperidine rings is 1. The maximum Gasteiger partial charge on any atom is 0.358 e. The van der Waals surface area contributed by atoms with Crippen molar-refractivity contribution in [2.24, 2.45) is 0 Å². The van der Waals surface area contributed by atoms with Crippen LogP contribution in [0.25, 0.3) is 0 Å². The first-order chi connectivity index (χ1) is 16.6. The summed E-state index contributed by atoms with van der Waals surface area (Å²) in [5.41, 5.74) is 2.08. The summed E-state index contributed by atoms with van der Waals surface area (Å²) >= 11 is 0. The molecular weight excluding hydrogens is 430 g/mol. The Morgan fingerprint density at radius 2 is 1.65 bits per heavy atom. The van der Waals surface area contributed by atoms with E-state index in [0.717, 1.165) is 37.1 Å². The van der Waals surface area contributed by atoms with Crippen molar-refractivity contribution in [3.8, 4) is 5.75 Å². The summed E-state index contributed by atoms with van der Waals surface area (Å²) in [4.78, 5) is 28.4. The number of amides is 1. The molecule has 3 aromatic rings. The van der Waals surface area contributed by atoms with Crippen molar-refractivity contribution in [3.63, 3.8) is 0 Å². The molecule has 0 aliphatic carbocycles. The van der Waals surface area contributed by atoms with Gasteiger partial charge in [0.05, 0.1) is 12.2 Å². The van der Waals surface area contributed by atoms with E-state index in [1.165, 1.54) is 0 Å². The van der Waals surface area contributed by atoms with Crippen LogP contribution in [0.1, 0.15) is 51.7 Å². The van der Waals surface area contributed by atoms with Gasteiger partial charge in [-0.1, -0.05) is 60.7 Å². The topological polar surface area (TPSA) is 83.8 Å². The SMILES string of the molecule is CCOC(=O)c1c(O)c(C(=O)N(Cc2ccccc2)C2CCNCC2)cn1Cc1ccccc1. The third-order valence-electron chi connectivity index (χ3n) is 6.15. The van der Waals surface area contributed by atoms with Crippen LogP contribution in [0.2, 0.25) is 0 Å². The summed E-state index contributed by atoms with van der Waals surface area (Å²) in [5.74, 6) is -1.26. The van der Waals surface area contributed by atoms with E-state index in [2.05, 4.69) is 5.32 Å². The van der Waals surface area contributed by atoms with Crippen LogP contribution in [0, 0.1) is 0 Å². The molecule has 2 N–H and O–H groups in total. The van der Waals surface area contributed by atoms with Gasteiger partial charge in [0.25, 0.3) is 5.91 Å². The van der Waals surface area contributed by atoms with Gasteiger partial charge in [-0.05, 0) is 44.0 Å². The van der Waals surface area contributed by atoms with Crippen molar-refractivity contribution in [2.75, 3.05) is 19.7 Å². The lowest BCUT2D eigenvalue weighted by Crippen LogP contribution is -2.45. The van der Waals surface area contributed by atoms with E-state index in [4.69, 9.17) is 4.74 Å². The van der Waals surface area contributed by atoms with Gasteiger partial charge >= 0.3 is 5.97 Å². The number of nitrogens with zero attached hydrogens (tertiary/aromatic N) is 2. The van der Waals surface area contributed by atoms with Crippen LogP contribution >= 0.6 is 0 Å². The van der Waals surface area contributed by atoms with E-state index in [0.29, 0.717) is 13.1 Å². The molecule has 34 heavy (non-hydrogen) atoms. The highest BCUT2D eigenvalue weighted by Gasteiger charge is 2.32. The van der Waals surface area contributed by atoms with Crippen molar-refractivity contribution < 1.29 is 19.4 Å². The van der Waals surface area contributed by atoms with Crippen LogP contribution in [0.15, 0.2) is 66.9 Å². The molecule has 0 saturated carbocycles. The molecule has 1 fully saturated rings. The Balaban J connectivity index is 1.71. The number of nitrogens with one attached hydrogen (secondary N) is 1. The van der Waals surface area contributed by atoms with Crippen LogP contribution < -0.4 is 5.32 Å². The maximum absolute atomic E-state index is 13.8. The Morgan fingerprint density at radius 1 is 1.03 bits per heavy atom. The van der Waals surface area contributed by atoms with Crippen molar-refractivity contribution in [1.82, 2.24) is 14.8 Å². The van der Waals surface area contributed by atoms with E-state index in [1.54, 1.807) is 17.7 Å². The standard InChI is InChI=1S/C27H31N3O4/c1-2-34-27(33)24-25(31)23(19-29(24)17-20-9-5-3-6-10-20)26(32)30(22-13-15-28-16-14-22)18-21-11-7-4-8-12-21/h3-12,19,22,28,31H,2,13-18H2,1H3. The third-order valence-corrected chi connectivity index (χ3v) is 6.15. The van der Waals surface area contributed by atoms with Gasteiger partial charge in [0.15, 0.2) is 11.4 Å². The van der Waals surface area contributed by atoms with E-state index >= 15 is 0 Å². The lowest BCUT2D eigenvalue weighted by Gasteiger charge is -2.34. The average molecular weight is 462 g/mol. The number of hydrogen-bond donors (Lipinski definition) is 2. The van der Waals surface area contributed by atoms with Crippen molar-refractivity contribution in [2.45, 2.75) is 38.9 Å². The second-order valence-electron chi connectivity index (χ2n) is 8.47. The largest absolute Gasteiger partial charge is 0.505 e. The number of benzene rings is 2. The summed E-state index contributed by atoms with van der Waals surface area (Å²) < 4.78 is 6.81. The highest BCUT2D eigenvalue weighted by molar-refractivity contribution is 6.02. The molecule has 1 amide bonds. The zero-order valence-electron chi connectivity index (χ0n) is 19.4. The smallest absolute Gasteiger partial charge is 0.358 e. The highest BCUT2D eigenvalue weighted by atomic mass is 16.5. The molecule has 2 aromatic carbocycles. The third kappa shape index (κ3) is 5.31. The summed E-state index contributed by atoms with van der Waals surface area (Å²) in [6.45, 7) is 4.32. The second kappa shape index (κ2) is 11.0. The normalized spacial score (nSPS) is 14.0. The van der Waals surface area contributed by atoms with Gasteiger partial charge in [0.1, 0.15) is 0 Å². The van der Waals surface area contributed by atoms with E-state index in [1.807, 2.05) is 65.6 Å². The molecular formula is C27H31N3O4. The molecule has 1 aliphatic heterocycles. The average Bonchev–Trinajstić information content (AvgIpc) is 3.19. The summed E-state index contributed by atoms with van der Waals surface area (Å²) in [6, 6.07) is 19.5. The first kappa shape index (κ1) is 23.6. The number of esters is 1. The van der Waals surface area contributed by atoms with Gasteiger partial charge in [-0.2, -0.15) is 0 Å². The fourth-order valence-corrected chi connectivity index (χ4v) is 4.44. The number of ether oxygens (including phenoxy) is 1. The predicted octanol–water partition coefficient (Wildman–Crippen LogP) is 3.81. The predicted molar refractivity (Wildman–Crippen MR) is 130 cm³/mol. The Labute approximate surface area is 200 Å². The van der Waals surface area contributed by atoms with Crippen LogP contribution in [0.4, 0.5) is 0 Å². The molecule has 1 aromatic heterocycles. The lowest BCUT2D eigenvalue weighted by molar-refractivity contribution is 0.0511. The van der Waals surface area contributed by atoms with Gasteiger partial charge < -0.3 is 24.6 Å². The van der Waals surface area contributed by atoms with Gasteiger partial charge in [0, 0.05) is 25.3 Å². The van der Waals surface area contributed by atoms with E-state index in [-0.39, 0.29) is 35.6 Å². The molecule has 7 nitrogen and oxygen atoms in total. The molecule has 0 unspecified atom stereocenters. The molecule has 0 bridgehead atoms. The molecule has 4 rings (SSSR count).